The molecule has 4 heterocycles. The molecule has 0 aliphatic carbocycles. The van der Waals surface area contributed by atoms with E-state index in [1.165, 1.54) is 0 Å². The summed E-state index contributed by atoms with van der Waals surface area (Å²) in [7, 11) is 1.65. The Kier molecular flexibility index (Phi) is 5.03. The molecule has 0 radical (unpaired) electrons. The lowest BCUT2D eigenvalue weighted by molar-refractivity contribution is 0.0955. The lowest BCUT2D eigenvalue weighted by Crippen LogP contribution is -2.29. The summed E-state index contributed by atoms with van der Waals surface area (Å²) in [5.41, 5.74) is 4.34. The third-order valence-electron chi connectivity index (χ3n) is 6.55. The lowest BCUT2D eigenvalue weighted by Gasteiger charge is -2.14. The predicted octanol–water partition coefficient (Wildman–Crippen LogP) is 3.84. The normalized spacial score (nSPS) is 16.1. The van der Waals surface area contributed by atoms with Gasteiger partial charge in [-0.15, -0.1) is 0 Å². The molecule has 1 aliphatic heterocycles. The average Bonchev–Trinajstić information content (AvgIpc) is 3.47. The topological polar surface area (TPSA) is 84.1 Å². The van der Waals surface area contributed by atoms with Crippen molar-refractivity contribution in [3.8, 4) is 5.75 Å². The van der Waals surface area contributed by atoms with Gasteiger partial charge in [-0.25, -0.2) is 15.0 Å². The van der Waals surface area contributed by atoms with Gasteiger partial charge in [0, 0.05) is 6.61 Å². The van der Waals surface area contributed by atoms with Gasteiger partial charge in [-0.05, 0) is 49.6 Å². The number of ether oxygens (including phenoxy) is 2. The highest BCUT2D eigenvalue weighted by Crippen LogP contribution is 2.27. The summed E-state index contributed by atoms with van der Waals surface area (Å²) in [5.74, 6) is 1.46. The Morgan fingerprint density at radius 2 is 1.76 bits per heavy atom. The number of methoxy groups -OCH3 is 1. The lowest BCUT2D eigenvalue weighted by atomic mass is 10.2. The summed E-state index contributed by atoms with van der Waals surface area (Å²) in [5, 5.41) is 0.505. The van der Waals surface area contributed by atoms with Crippen LogP contribution in [0.1, 0.15) is 24.2 Å². The first kappa shape index (κ1) is 20.8. The van der Waals surface area contributed by atoms with Crippen molar-refractivity contribution in [2.75, 3.05) is 13.7 Å². The van der Waals surface area contributed by atoms with Gasteiger partial charge in [0.05, 0.1) is 37.3 Å². The smallest absolute Gasteiger partial charge is 0.265 e. The molecule has 172 valence electrons. The van der Waals surface area contributed by atoms with Crippen LogP contribution in [0.25, 0.3) is 33.2 Å². The van der Waals surface area contributed by atoms with Crippen molar-refractivity contribution in [2.45, 2.75) is 39.0 Å². The molecule has 1 atom stereocenters. The fourth-order valence-electron chi connectivity index (χ4n) is 4.77. The van der Waals surface area contributed by atoms with Gasteiger partial charge in [-0.1, -0.05) is 24.3 Å². The number of fused-ring (bicyclic) bond motifs is 4. The van der Waals surface area contributed by atoms with Crippen molar-refractivity contribution in [1.29, 1.82) is 0 Å². The van der Waals surface area contributed by atoms with Crippen molar-refractivity contribution in [3.05, 3.63) is 70.3 Å². The zero-order valence-corrected chi connectivity index (χ0v) is 19.2. The van der Waals surface area contributed by atoms with Crippen LogP contribution in [-0.4, -0.2) is 43.9 Å². The van der Waals surface area contributed by atoms with Crippen LogP contribution in [0, 0.1) is 6.92 Å². The number of para-hydroxylation sites is 2. The van der Waals surface area contributed by atoms with E-state index in [1.807, 2.05) is 60.0 Å². The van der Waals surface area contributed by atoms with Gasteiger partial charge in [0.1, 0.15) is 22.5 Å². The van der Waals surface area contributed by atoms with E-state index in [-0.39, 0.29) is 11.7 Å². The number of rotatable bonds is 5. The Morgan fingerprint density at radius 1 is 1.00 bits per heavy atom. The fraction of sp³-hybridized carbons (Fsp3) is 0.308. The van der Waals surface area contributed by atoms with E-state index in [1.54, 1.807) is 11.7 Å². The molecule has 3 aromatic heterocycles. The van der Waals surface area contributed by atoms with Crippen molar-refractivity contribution < 1.29 is 9.47 Å². The van der Waals surface area contributed by atoms with Crippen LogP contribution in [0.2, 0.25) is 0 Å². The highest BCUT2D eigenvalue weighted by Gasteiger charge is 2.24. The summed E-state index contributed by atoms with van der Waals surface area (Å²) < 4.78 is 14.8. The molecule has 34 heavy (non-hydrogen) atoms. The molecule has 1 fully saturated rings. The summed E-state index contributed by atoms with van der Waals surface area (Å²) in [4.78, 5) is 28.5. The minimum absolute atomic E-state index is 0.0372. The summed E-state index contributed by atoms with van der Waals surface area (Å²) in [6.45, 7) is 3.63. The molecular weight excluding hydrogens is 430 g/mol. The molecule has 2 aromatic carbocycles. The Morgan fingerprint density at radius 3 is 2.47 bits per heavy atom. The molecule has 8 heteroatoms. The monoisotopic (exact) mass is 455 g/mol. The average molecular weight is 456 g/mol. The van der Waals surface area contributed by atoms with E-state index in [4.69, 9.17) is 24.4 Å². The quantitative estimate of drug-likeness (QED) is 0.400. The number of hydrogen-bond donors (Lipinski definition) is 0. The van der Waals surface area contributed by atoms with Crippen LogP contribution in [0.3, 0.4) is 0 Å². The molecule has 8 nitrogen and oxygen atoms in total. The molecule has 0 unspecified atom stereocenters. The summed E-state index contributed by atoms with van der Waals surface area (Å²) >= 11 is 0. The maximum absolute atomic E-state index is 13.8. The van der Waals surface area contributed by atoms with Crippen LogP contribution in [0.4, 0.5) is 0 Å². The van der Waals surface area contributed by atoms with Gasteiger partial charge in [0.25, 0.3) is 5.56 Å². The van der Waals surface area contributed by atoms with Crippen LogP contribution < -0.4 is 10.3 Å². The van der Waals surface area contributed by atoms with E-state index in [9.17, 15) is 4.79 Å². The number of hydrogen-bond acceptors (Lipinski definition) is 6. The first-order valence-electron chi connectivity index (χ1n) is 11.5. The van der Waals surface area contributed by atoms with Gasteiger partial charge in [0.2, 0.25) is 0 Å². The van der Waals surface area contributed by atoms with E-state index >= 15 is 0 Å². The Labute approximate surface area is 195 Å². The third-order valence-corrected chi connectivity index (χ3v) is 6.55. The zero-order chi connectivity index (χ0) is 23.2. The van der Waals surface area contributed by atoms with Crippen LogP contribution >= 0.6 is 0 Å². The van der Waals surface area contributed by atoms with Gasteiger partial charge < -0.3 is 14.0 Å². The van der Waals surface area contributed by atoms with E-state index in [0.717, 1.165) is 41.8 Å². The highest BCUT2D eigenvalue weighted by molar-refractivity contribution is 6.04. The van der Waals surface area contributed by atoms with Crippen LogP contribution in [0.15, 0.2) is 53.3 Å². The first-order valence-corrected chi connectivity index (χ1v) is 11.5. The molecule has 0 spiro atoms. The fourth-order valence-corrected chi connectivity index (χ4v) is 4.77. The molecule has 0 saturated carbocycles. The molecule has 6 rings (SSSR count). The van der Waals surface area contributed by atoms with Gasteiger partial charge in [-0.3, -0.25) is 9.36 Å². The predicted molar refractivity (Wildman–Crippen MR) is 130 cm³/mol. The molecule has 0 N–H and O–H groups in total. The number of nitrogens with zero attached hydrogens (tertiary/aromatic N) is 5. The third kappa shape index (κ3) is 3.42. The Hall–Kier alpha value is -3.78. The van der Waals surface area contributed by atoms with E-state index in [0.29, 0.717) is 41.1 Å². The molecule has 5 aromatic rings. The zero-order valence-electron chi connectivity index (χ0n) is 19.2. The molecule has 0 amide bonds. The van der Waals surface area contributed by atoms with Gasteiger partial charge >= 0.3 is 0 Å². The first-order chi connectivity index (χ1) is 16.6. The van der Waals surface area contributed by atoms with Crippen molar-refractivity contribution in [3.63, 3.8) is 0 Å². The summed E-state index contributed by atoms with van der Waals surface area (Å²) in [6, 6.07) is 15.6. The molecular formula is C26H25N5O3. The SMILES string of the molecule is COc1ccc(Cn2c3nc4ccccc4nc3c3c(=O)n(C[C@H]4CCCO4)c(C)nc32)cc1. The standard InChI is InChI=1S/C26H25N5O3/c1-16-27-24-22(26(32)30(16)15-19-6-5-13-34-19)23-25(29-21-8-4-3-7-20(21)28-23)31(24)14-17-9-11-18(33-2)12-10-17/h3-4,7-12,19H,5-6,13-15H2,1-2H3/t19-/m1/s1. The second kappa shape index (κ2) is 8.22. The van der Waals surface area contributed by atoms with E-state index < -0.39 is 0 Å². The van der Waals surface area contributed by atoms with E-state index in [2.05, 4.69) is 0 Å². The van der Waals surface area contributed by atoms with Gasteiger partial charge in [-0.2, -0.15) is 0 Å². The van der Waals surface area contributed by atoms with Crippen molar-refractivity contribution in [2.24, 2.45) is 0 Å². The highest BCUT2D eigenvalue weighted by atomic mass is 16.5. The largest absolute Gasteiger partial charge is 0.497 e. The molecule has 1 aliphatic rings. The Bertz CT molecular complexity index is 1580. The van der Waals surface area contributed by atoms with Crippen LogP contribution in [0.5, 0.6) is 5.75 Å². The molecule has 0 bridgehead atoms. The second-order valence-corrected chi connectivity index (χ2v) is 8.73. The minimum atomic E-state index is -0.0962. The maximum Gasteiger partial charge on any atom is 0.265 e. The summed E-state index contributed by atoms with van der Waals surface area (Å²) in [6.07, 6.45) is 2.01. The number of aryl methyl sites for hydroxylation is 1. The minimum Gasteiger partial charge on any atom is -0.497 e. The second-order valence-electron chi connectivity index (χ2n) is 8.73. The number of aromatic nitrogens is 5. The van der Waals surface area contributed by atoms with Crippen LogP contribution in [-0.2, 0) is 17.8 Å². The van der Waals surface area contributed by atoms with Crippen molar-refractivity contribution in [1.82, 2.24) is 24.1 Å². The Balaban J connectivity index is 1.60. The maximum atomic E-state index is 13.8. The van der Waals surface area contributed by atoms with Gasteiger partial charge in [0.15, 0.2) is 11.3 Å². The molecule has 1 saturated heterocycles. The van der Waals surface area contributed by atoms with Crippen molar-refractivity contribution >= 4 is 33.2 Å². The number of benzene rings is 2.